The first-order chi connectivity index (χ1) is 12.0. The molecular formula is C16H24N5O4+. The van der Waals surface area contributed by atoms with Gasteiger partial charge in [0.2, 0.25) is 11.9 Å². The zero-order chi connectivity index (χ0) is 18.1. The van der Waals surface area contributed by atoms with Gasteiger partial charge < -0.3 is 9.84 Å². The highest BCUT2D eigenvalue weighted by Crippen LogP contribution is 2.29. The van der Waals surface area contributed by atoms with Crippen LogP contribution in [0.2, 0.25) is 0 Å². The molecule has 1 atom stereocenters. The minimum Gasteiger partial charge on any atom is -0.396 e. The summed E-state index contributed by atoms with van der Waals surface area (Å²) in [7, 11) is 3.29. The fourth-order valence-corrected chi connectivity index (χ4v) is 3.31. The van der Waals surface area contributed by atoms with Crippen LogP contribution in [0, 0.1) is 6.92 Å². The number of aromatic nitrogens is 2. The number of hydrogen-bond acceptors (Lipinski definition) is 5. The first kappa shape index (κ1) is 17.6. The molecule has 0 saturated carbocycles. The Hall–Kier alpha value is -2.26. The van der Waals surface area contributed by atoms with E-state index in [-0.39, 0.29) is 19.1 Å². The lowest BCUT2D eigenvalue weighted by atomic mass is 10.1. The number of hydrogen-bond donors (Lipinski definition) is 1. The van der Waals surface area contributed by atoms with Crippen molar-refractivity contribution in [2.45, 2.75) is 32.4 Å². The molecule has 0 aliphatic carbocycles. The summed E-state index contributed by atoms with van der Waals surface area (Å²) in [5.41, 5.74) is 1.00. The van der Waals surface area contributed by atoms with Crippen molar-refractivity contribution in [3.8, 4) is 0 Å². The van der Waals surface area contributed by atoms with E-state index < -0.39 is 12.1 Å². The second-order valence-corrected chi connectivity index (χ2v) is 6.26. The van der Waals surface area contributed by atoms with Crippen molar-refractivity contribution in [3.63, 3.8) is 0 Å². The van der Waals surface area contributed by atoms with Gasteiger partial charge in [-0.3, -0.25) is 14.6 Å². The second-order valence-electron chi connectivity index (χ2n) is 6.26. The normalized spacial score (nSPS) is 19.4. The highest BCUT2D eigenvalue weighted by Gasteiger charge is 2.52. The van der Waals surface area contributed by atoms with Gasteiger partial charge in [-0.2, -0.15) is 0 Å². The van der Waals surface area contributed by atoms with E-state index in [2.05, 4.69) is 4.99 Å². The standard InChI is InChI=1S/C16H24N5O4/c1-11-10-21-12-13(17-15(21)19(11)7-5-9-25-3)18(2)16(24)20(14(12)23)6-4-8-22/h10,12,22H,4-9H2,1-3H3/q+1. The van der Waals surface area contributed by atoms with Crippen molar-refractivity contribution in [3.05, 3.63) is 11.9 Å². The second kappa shape index (κ2) is 6.93. The molecule has 1 unspecified atom stereocenters. The predicted octanol–water partition coefficient (Wildman–Crippen LogP) is -0.0184. The lowest BCUT2D eigenvalue weighted by Gasteiger charge is -2.32. The third kappa shape index (κ3) is 2.83. The monoisotopic (exact) mass is 350 g/mol. The Balaban J connectivity index is 1.94. The first-order valence-electron chi connectivity index (χ1n) is 8.40. The van der Waals surface area contributed by atoms with Gasteiger partial charge in [0.25, 0.3) is 5.91 Å². The molecule has 3 amide bonds. The number of aryl methyl sites for hydroxylation is 1. The van der Waals surface area contributed by atoms with Crippen molar-refractivity contribution in [2.24, 2.45) is 4.99 Å². The number of likely N-dealkylation sites (N-methyl/N-ethyl adjacent to an activating group) is 1. The number of amides is 3. The van der Waals surface area contributed by atoms with Crippen LogP contribution >= 0.6 is 0 Å². The number of imidazole rings is 1. The smallest absolute Gasteiger partial charge is 0.396 e. The number of carbonyl (C=O) groups is 2. The average Bonchev–Trinajstić information content (AvgIpc) is 3.09. The van der Waals surface area contributed by atoms with E-state index in [9.17, 15) is 9.59 Å². The molecule has 1 N–H and O–H groups in total. The summed E-state index contributed by atoms with van der Waals surface area (Å²) >= 11 is 0. The van der Waals surface area contributed by atoms with Crippen molar-refractivity contribution in [2.75, 3.05) is 33.9 Å². The molecule has 9 nitrogen and oxygen atoms in total. The summed E-state index contributed by atoms with van der Waals surface area (Å²) in [5, 5.41) is 9.02. The van der Waals surface area contributed by atoms with Gasteiger partial charge in [-0.25, -0.2) is 13.9 Å². The molecule has 1 aromatic heterocycles. The number of imide groups is 1. The molecule has 136 valence electrons. The van der Waals surface area contributed by atoms with Crippen molar-refractivity contribution in [1.82, 2.24) is 14.4 Å². The maximum atomic E-state index is 12.9. The number of carbonyl (C=O) groups excluding carboxylic acids is 2. The summed E-state index contributed by atoms with van der Waals surface area (Å²) in [6, 6.07) is -1.03. The van der Waals surface area contributed by atoms with Crippen LogP contribution in [0.4, 0.5) is 10.7 Å². The Morgan fingerprint density at radius 1 is 1.32 bits per heavy atom. The molecule has 1 saturated heterocycles. The summed E-state index contributed by atoms with van der Waals surface area (Å²) in [6.07, 6.45) is 3.09. The first-order valence-corrected chi connectivity index (χ1v) is 8.40. The fraction of sp³-hybridized carbons (Fsp3) is 0.625. The number of rotatable bonds is 7. The molecule has 3 heterocycles. The maximum absolute atomic E-state index is 12.9. The van der Waals surface area contributed by atoms with Gasteiger partial charge in [-0.05, 0) is 13.3 Å². The molecule has 2 aliphatic rings. The predicted molar refractivity (Wildman–Crippen MR) is 88.6 cm³/mol. The molecule has 9 heteroatoms. The average molecular weight is 350 g/mol. The lowest BCUT2D eigenvalue weighted by Crippen LogP contribution is -2.62. The molecule has 0 aromatic carbocycles. The molecule has 0 radical (unpaired) electrons. The van der Waals surface area contributed by atoms with E-state index in [4.69, 9.17) is 9.84 Å². The number of fused-ring (bicyclic) bond motifs is 3. The molecule has 0 bridgehead atoms. The highest BCUT2D eigenvalue weighted by atomic mass is 16.5. The number of methoxy groups -OCH3 is 1. The minimum atomic E-state index is -0.626. The summed E-state index contributed by atoms with van der Waals surface area (Å²) < 4.78 is 8.97. The van der Waals surface area contributed by atoms with Gasteiger partial charge in [0, 0.05) is 40.3 Å². The number of urea groups is 1. The molecule has 1 aromatic rings. The van der Waals surface area contributed by atoms with Crippen LogP contribution in [0.15, 0.2) is 11.2 Å². The Bertz CT molecular complexity index is 726. The molecule has 25 heavy (non-hydrogen) atoms. The van der Waals surface area contributed by atoms with Gasteiger partial charge >= 0.3 is 12.0 Å². The number of nitrogens with zero attached hydrogens (tertiary/aromatic N) is 5. The van der Waals surface area contributed by atoms with E-state index in [1.165, 1.54) is 9.80 Å². The van der Waals surface area contributed by atoms with Crippen molar-refractivity contribution >= 4 is 23.7 Å². The lowest BCUT2D eigenvalue weighted by molar-refractivity contribution is -0.677. The zero-order valence-corrected chi connectivity index (χ0v) is 14.8. The number of amidine groups is 1. The molecule has 1 fully saturated rings. The van der Waals surface area contributed by atoms with Crippen LogP contribution in [-0.4, -0.2) is 71.2 Å². The number of aliphatic hydroxyl groups is 1. The molecule has 0 spiro atoms. The van der Waals surface area contributed by atoms with Gasteiger partial charge in [0.05, 0.1) is 6.54 Å². The molecular weight excluding hydrogens is 326 g/mol. The van der Waals surface area contributed by atoms with Gasteiger partial charge in [0.15, 0.2) is 0 Å². The quantitative estimate of drug-likeness (QED) is 0.553. The van der Waals surface area contributed by atoms with Crippen molar-refractivity contribution in [1.29, 1.82) is 0 Å². The van der Waals surface area contributed by atoms with Crippen LogP contribution in [0.25, 0.3) is 0 Å². The highest BCUT2D eigenvalue weighted by molar-refractivity contribution is 6.19. The van der Waals surface area contributed by atoms with Crippen LogP contribution in [0.3, 0.4) is 0 Å². The zero-order valence-electron chi connectivity index (χ0n) is 14.8. The Morgan fingerprint density at radius 3 is 2.76 bits per heavy atom. The number of ether oxygens (including phenoxy) is 1. The summed E-state index contributed by atoms with van der Waals surface area (Å²) in [6.45, 7) is 3.47. The third-order valence-electron chi connectivity index (χ3n) is 4.59. The SMILES string of the molecule is COCCCn1c(C)c[n+]2c1N=C1C2C(=O)N(CCCO)C(=O)N1C. The van der Waals surface area contributed by atoms with Crippen LogP contribution in [-0.2, 0) is 16.1 Å². The molecule has 2 aliphatic heterocycles. The van der Waals surface area contributed by atoms with Crippen LogP contribution in [0.1, 0.15) is 24.6 Å². The maximum Gasteiger partial charge on any atom is 0.401 e. The van der Waals surface area contributed by atoms with Crippen molar-refractivity contribution < 1.29 is 24.0 Å². The Labute approximate surface area is 146 Å². The number of aliphatic imine (C=N–C) groups is 1. The van der Waals surface area contributed by atoms with Crippen LogP contribution < -0.4 is 4.57 Å². The minimum absolute atomic E-state index is 0.0697. The largest absolute Gasteiger partial charge is 0.401 e. The van der Waals surface area contributed by atoms with Gasteiger partial charge in [-0.1, -0.05) is 4.99 Å². The van der Waals surface area contributed by atoms with Gasteiger partial charge in [-0.15, -0.1) is 0 Å². The molecule has 3 rings (SSSR count). The summed E-state index contributed by atoms with van der Waals surface area (Å²) in [5.74, 6) is 0.824. The van der Waals surface area contributed by atoms with E-state index in [0.717, 1.165) is 18.7 Å². The fourth-order valence-electron chi connectivity index (χ4n) is 3.31. The Kier molecular flexibility index (Phi) is 4.87. The number of aliphatic hydroxyl groups excluding tert-OH is 1. The topological polar surface area (TPSA) is 91.2 Å². The summed E-state index contributed by atoms with van der Waals surface area (Å²) in [4.78, 5) is 32.5. The van der Waals surface area contributed by atoms with Crippen LogP contribution in [0.5, 0.6) is 0 Å². The van der Waals surface area contributed by atoms with E-state index in [1.54, 1.807) is 14.2 Å². The van der Waals surface area contributed by atoms with E-state index >= 15 is 0 Å². The van der Waals surface area contributed by atoms with E-state index in [0.29, 0.717) is 24.8 Å². The third-order valence-corrected chi connectivity index (χ3v) is 4.59. The van der Waals surface area contributed by atoms with E-state index in [1.807, 2.05) is 22.3 Å². The Morgan fingerprint density at radius 2 is 2.08 bits per heavy atom. The van der Waals surface area contributed by atoms with Gasteiger partial charge in [0.1, 0.15) is 11.9 Å².